The van der Waals surface area contributed by atoms with Crippen LogP contribution in [0.3, 0.4) is 0 Å². The second-order valence-electron chi connectivity index (χ2n) is 13.4. The van der Waals surface area contributed by atoms with Gasteiger partial charge in [-0.3, -0.25) is 14.5 Å². The van der Waals surface area contributed by atoms with Gasteiger partial charge in [0.25, 0.3) is 0 Å². The molecule has 0 amide bonds. The van der Waals surface area contributed by atoms with Gasteiger partial charge < -0.3 is 14.6 Å². The molecule has 4 aliphatic carbocycles. The van der Waals surface area contributed by atoms with Crippen LogP contribution >= 0.6 is 0 Å². The molecule has 1 aromatic carbocycles. The summed E-state index contributed by atoms with van der Waals surface area (Å²) in [6.45, 7) is 9.91. The first-order chi connectivity index (χ1) is 18.5. The Balaban J connectivity index is 0.00000323. The molecular weight excluding hydrogens is 579 g/mol. The maximum Gasteiger partial charge on any atom is 0.303 e. The Morgan fingerprint density at radius 1 is 1.15 bits per heavy atom. The Labute approximate surface area is 262 Å². The summed E-state index contributed by atoms with van der Waals surface area (Å²) in [5, 5.41) is 12.1. The molecule has 1 aromatic rings. The number of carbonyl (C=O) groups excluding carboxylic acids is 3. The minimum absolute atomic E-state index is 0. The van der Waals surface area contributed by atoms with Crippen molar-refractivity contribution in [3.05, 3.63) is 66.1 Å². The van der Waals surface area contributed by atoms with Gasteiger partial charge in [0.1, 0.15) is 0 Å². The van der Waals surface area contributed by atoms with Gasteiger partial charge in [0, 0.05) is 64.7 Å². The van der Waals surface area contributed by atoms with E-state index in [-0.39, 0.29) is 68.6 Å². The van der Waals surface area contributed by atoms with Crippen molar-refractivity contribution in [2.75, 3.05) is 19.7 Å². The van der Waals surface area contributed by atoms with Crippen molar-refractivity contribution in [3.63, 3.8) is 0 Å². The number of likely N-dealkylation sites (tertiary alicyclic amines) is 1. The molecule has 1 saturated heterocycles. The standard InChI is InChI=1S/C33H40NO5.Y/c1-21(35)39-19-29(38)33-20-34(17-22-8-6-5-7-9-22)18-24(33)15-27-26-11-10-23-14-25(36)12-13-30(23,2)32(26,4)28(37)16-31(27,33)3;/h5-10,12-14,24,26-28,37H,11,15-20H2,1-4H3;/q-1;/t24-,26-,27-,28-,30-,31-,32+,33+;/m0./s1. The molecule has 6 nitrogen and oxygen atoms in total. The number of benzene rings is 1. The van der Waals surface area contributed by atoms with E-state index in [4.69, 9.17) is 4.74 Å². The minimum atomic E-state index is -0.695. The number of hydrogen-bond donors (Lipinski definition) is 1. The molecular formula is C33H40NO5Y-. The second-order valence-corrected chi connectivity index (χ2v) is 13.4. The quantitative estimate of drug-likeness (QED) is 0.391. The van der Waals surface area contributed by atoms with Crippen LogP contribution < -0.4 is 0 Å². The van der Waals surface area contributed by atoms with Gasteiger partial charge in [-0.05, 0) is 53.1 Å². The SMILES string of the molecule is CC(=O)OCC(=O)[C@@]12CN(Cc3ccccc3)C[C@@H]1C[C@H]1[C@@H]3C[CH-]C4=CC(=O)C=C[C@]4(C)[C@@]3(C)[C@@H](O)C[C@@]12C.[Y]. The fourth-order valence-corrected chi connectivity index (χ4v) is 9.80. The number of allylic oxidation sites excluding steroid dienone is 4. The molecule has 5 aliphatic rings. The predicted molar refractivity (Wildman–Crippen MR) is 147 cm³/mol. The summed E-state index contributed by atoms with van der Waals surface area (Å²) >= 11 is 0. The summed E-state index contributed by atoms with van der Waals surface area (Å²) in [5.74, 6) is 0.0735. The van der Waals surface area contributed by atoms with Crippen molar-refractivity contribution in [1.82, 2.24) is 4.90 Å². The largest absolute Gasteiger partial charge is 0.458 e. The number of rotatable bonds is 5. The van der Waals surface area contributed by atoms with Crippen molar-refractivity contribution in [1.29, 1.82) is 0 Å². The first-order valence-corrected chi connectivity index (χ1v) is 14.4. The third-order valence-electron chi connectivity index (χ3n) is 11.9. The maximum atomic E-state index is 14.2. The summed E-state index contributed by atoms with van der Waals surface area (Å²) in [7, 11) is 0. The third kappa shape index (κ3) is 4.03. The van der Waals surface area contributed by atoms with Crippen LogP contribution in [0.2, 0.25) is 0 Å². The molecule has 8 atom stereocenters. The number of fused-ring (bicyclic) bond motifs is 7. The van der Waals surface area contributed by atoms with Gasteiger partial charge in [-0.1, -0.05) is 63.6 Å². The maximum absolute atomic E-state index is 14.2. The molecule has 7 heteroatoms. The van der Waals surface area contributed by atoms with Crippen LogP contribution in [-0.2, 0) is 58.4 Å². The fraction of sp³-hybridized carbons (Fsp3) is 0.576. The molecule has 1 radical (unpaired) electrons. The summed E-state index contributed by atoms with van der Waals surface area (Å²) in [5.41, 5.74) is 0.173. The molecule has 40 heavy (non-hydrogen) atoms. The van der Waals surface area contributed by atoms with E-state index in [0.717, 1.165) is 31.5 Å². The van der Waals surface area contributed by atoms with Crippen LogP contribution in [0, 0.1) is 45.8 Å². The van der Waals surface area contributed by atoms with Crippen LogP contribution in [0.4, 0.5) is 0 Å². The van der Waals surface area contributed by atoms with E-state index in [1.165, 1.54) is 12.5 Å². The van der Waals surface area contributed by atoms with Crippen molar-refractivity contribution >= 4 is 17.5 Å². The van der Waals surface area contributed by atoms with Crippen molar-refractivity contribution in [3.8, 4) is 0 Å². The summed E-state index contributed by atoms with van der Waals surface area (Å²) in [6, 6.07) is 10.3. The van der Waals surface area contributed by atoms with E-state index in [1.54, 1.807) is 12.2 Å². The topological polar surface area (TPSA) is 83.9 Å². The number of carbonyl (C=O) groups is 3. The molecule has 0 unspecified atom stereocenters. The average Bonchev–Trinajstić information content (AvgIpc) is 3.37. The van der Waals surface area contributed by atoms with Gasteiger partial charge in [0.05, 0.1) is 17.3 Å². The van der Waals surface area contributed by atoms with Crippen LogP contribution in [0.25, 0.3) is 0 Å². The number of ether oxygens (including phenoxy) is 1. The number of hydrogen-bond acceptors (Lipinski definition) is 6. The van der Waals surface area contributed by atoms with Crippen molar-refractivity contribution in [2.24, 2.45) is 39.4 Å². The average molecular weight is 620 g/mol. The number of nitrogens with zero attached hydrogens (tertiary/aromatic N) is 1. The Morgan fingerprint density at radius 3 is 2.58 bits per heavy atom. The Kier molecular flexibility index (Phi) is 7.69. The van der Waals surface area contributed by atoms with Gasteiger partial charge >= 0.3 is 5.97 Å². The van der Waals surface area contributed by atoms with E-state index in [9.17, 15) is 19.5 Å². The van der Waals surface area contributed by atoms with Gasteiger partial charge in [-0.15, -0.1) is 0 Å². The van der Waals surface area contributed by atoms with E-state index < -0.39 is 33.7 Å². The number of esters is 1. The van der Waals surface area contributed by atoms with Crippen LogP contribution in [0.5, 0.6) is 0 Å². The third-order valence-corrected chi connectivity index (χ3v) is 11.9. The number of aliphatic hydroxyl groups is 1. The second kappa shape index (κ2) is 10.3. The molecule has 211 valence electrons. The Morgan fingerprint density at radius 2 is 1.88 bits per heavy atom. The van der Waals surface area contributed by atoms with Crippen LogP contribution in [0.1, 0.15) is 52.5 Å². The Bertz CT molecular complexity index is 1280. The van der Waals surface area contributed by atoms with Crippen LogP contribution in [-0.4, -0.2) is 53.3 Å². The predicted octanol–water partition coefficient (Wildman–Crippen LogP) is 4.33. The molecule has 6 rings (SSSR count). The van der Waals surface area contributed by atoms with Gasteiger partial charge in [-0.2, -0.15) is 11.6 Å². The minimum Gasteiger partial charge on any atom is -0.458 e. The fourth-order valence-electron chi connectivity index (χ4n) is 9.80. The molecule has 1 aliphatic heterocycles. The zero-order chi connectivity index (χ0) is 27.8. The molecule has 4 fully saturated rings. The van der Waals surface area contributed by atoms with Gasteiger partial charge in [0.2, 0.25) is 0 Å². The Hall–Kier alpha value is -1.60. The zero-order valence-electron chi connectivity index (χ0n) is 24.1. The zero-order valence-corrected chi connectivity index (χ0v) is 26.9. The summed E-state index contributed by atoms with van der Waals surface area (Å²) in [6.07, 6.45) is 9.16. The summed E-state index contributed by atoms with van der Waals surface area (Å²) in [4.78, 5) is 40.6. The molecule has 1 heterocycles. The molecule has 1 N–H and O–H groups in total. The van der Waals surface area contributed by atoms with E-state index in [2.05, 4.69) is 44.2 Å². The van der Waals surface area contributed by atoms with E-state index in [1.807, 2.05) is 24.3 Å². The van der Waals surface area contributed by atoms with Crippen molar-refractivity contribution in [2.45, 2.75) is 59.6 Å². The van der Waals surface area contributed by atoms with E-state index >= 15 is 0 Å². The van der Waals surface area contributed by atoms with Crippen molar-refractivity contribution < 1.29 is 56.9 Å². The normalized spacial score (nSPS) is 41.4. The molecule has 0 aromatic heterocycles. The van der Waals surface area contributed by atoms with Gasteiger partial charge in [0.15, 0.2) is 12.4 Å². The van der Waals surface area contributed by atoms with Crippen LogP contribution in [0.15, 0.2) is 54.1 Å². The first kappa shape index (κ1) is 29.9. The molecule has 0 spiro atoms. The number of aliphatic hydroxyl groups excluding tert-OH is 1. The number of Topliss-reactive ketones (excluding diaryl/α,β-unsaturated/α-hetero) is 1. The van der Waals surface area contributed by atoms with E-state index in [0.29, 0.717) is 13.0 Å². The molecule has 0 bridgehead atoms. The number of ketones is 2. The monoisotopic (exact) mass is 619 g/mol. The molecule has 3 saturated carbocycles. The van der Waals surface area contributed by atoms with Gasteiger partial charge in [-0.25, -0.2) is 6.42 Å². The first-order valence-electron chi connectivity index (χ1n) is 14.4. The summed E-state index contributed by atoms with van der Waals surface area (Å²) < 4.78 is 5.32. The smallest absolute Gasteiger partial charge is 0.303 e.